The molecule has 0 saturated carbocycles. The second-order valence-electron chi connectivity index (χ2n) is 15.2. The molecule has 4 heteroatoms. The van der Waals surface area contributed by atoms with Gasteiger partial charge in [0, 0.05) is 49.8 Å². The number of hydrogen-bond donors (Lipinski definition) is 0. The number of nitrogens with zero attached hydrogens (tertiary/aromatic N) is 4. The van der Waals surface area contributed by atoms with Gasteiger partial charge in [-0.05, 0) is 64.4 Å². The molecule has 0 amide bonds. The number of para-hydroxylation sites is 3. The summed E-state index contributed by atoms with van der Waals surface area (Å²) in [6.07, 6.45) is 0. The van der Waals surface area contributed by atoms with E-state index in [9.17, 15) is 0 Å². The predicted octanol–water partition coefficient (Wildman–Crippen LogP) is 15.1. The molecule has 9 aromatic carbocycles. The van der Waals surface area contributed by atoms with Gasteiger partial charge in [-0.25, -0.2) is 15.0 Å². The predicted molar refractivity (Wildman–Crippen MR) is 254 cm³/mol. The second-order valence-corrected chi connectivity index (χ2v) is 15.2. The maximum absolute atomic E-state index is 5.68. The first-order valence-electron chi connectivity index (χ1n) is 20.6. The van der Waals surface area contributed by atoms with E-state index < -0.39 is 0 Å². The van der Waals surface area contributed by atoms with Gasteiger partial charge in [0.1, 0.15) is 0 Å². The molecule has 2 aromatic heterocycles. The van der Waals surface area contributed by atoms with Crippen LogP contribution < -0.4 is 4.90 Å². The molecule has 4 nitrogen and oxygen atoms in total. The highest BCUT2D eigenvalue weighted by atomic mass is 15.1. The van der Waals surface area contributed by atoms with E-state index in [1.165, 1.54) is 21.7 Å². The van der Waals surface area contributed by atoms with E-state index in [2.05, 4.69) is 223 Å². The van der Waals surface area contributed by atoms with Gasteiger partial charge in [0.05, 0.1) is 28.3 Å². The summed E-state index contributed by atoms with van der Waals surface area (Å²) in [5.74, 6) is 0.675. The Kier molecular flexibility index (Phi) is 9.14. The van der Waals surface area contributed by atoms with Crippen LogP contribution in [0.2, 0.25) is 0 Å². The van der Waals surface area contributed by atoms with Crippen molar-refractivity contribution in [1.82, 2.24) is 15.0 Å². The molecular formula is C57H38N4. The standard InChI is InChI=1S/C57H38N4/c1-5-17-39(18-6-1)40-31-33-43(34-32-40)57-58-51(42-20-7-2-8-21-42)38-52(59-57)44-22-15-23-45(37-44)55-50-36-35-41-19-13-14-28-48(41)54(50)49-29-16-30-53(56(49)60-55)61(46-24-9-3-10-25-46)47-26-11-4-12-27-47/h1-38H. The number of pyridine rings is 1. The van der Waals surface area contributed by atoms with Crippen LogP contribution in [-0.2, 0) is 0 Å². The van der Waals surface area contributed by atoms with Gasteiger partial charge in [-0.2, -0.15) is 0 Å². The molecular weight excluding hydrogens is 741 g/mol. The van der Waals surface area contributed by atoms with Gasteiger partial charge < -0.3 is 4.90 Å². The van der Waals surface area contributed by atoms with Crippen LogP contribution in [-0.4, -0.2) is 15.0 Å². The number of hydrogen-bond acceptors (Lipinski definition) is 4. The number of benzene rings is 9. The second kappa shape index (κ2) is 15.5. The molecule has 0 radical (unpaired) electrons. The number of fused-ring (bicyclic) bond motifs is 5. The number of rotatable bonds is 8. The van der Waals surface area contributed by atoms with Crippen molar-refractivity contribution >= 4 is 49.5 Å². The number of anilines is 3. The Morgan fingerprint density at radius 3 is 1.54 bits per heavy atom. The first-order chi connectivity index (χ1) is 30.2. The van der Waals surface area contributed by atoms with Crippen molar-refractivity contribution < 1.29 is 0 Å². The highest BCUT2D eigenvalue weighted by Crippen LogP contribution is 2.44. The molecule has 2 heterocycles. The smallest absolute Gasteiger partial charge is 0.160 e. The highest BCUT2D eigenvalue weighted by molar-refractivity contribution is 6.24. The van der Waals surface area contributed by atoms with Gasteiger partial charge in [0.15, 0.2) is 5.82 Å². The molecule has 11 aromatic rings. The first-order valence-corrected chi connectivity index (χ1v) is 20.6. The van der Waals surface area contributed by atoms with Gasteiger partial charge in [0.2, 0.25) is 0 Å². The third-order valence-corrected chi connectivity index (χ3v) is 11.4. The summed E-state index contributed by atoms with van der Waals surface area (Å²) in [5.41, 5.74) is 13.0. The van der Waals surface area contributed by atoms with Crippen LogP contribution in [0.25, 0.3) is 88.7 Å². The molecule has 0 atom stereocenters. The average molecular weight is 779 g/mol. The summed E-state index contributed by atoms with van der Waals surface area (Å²) < 4.78 is 0. The lowest BCUT2D eigenvalue weighted by atomic mass is 9.94. The highest BCUT2D eigenvalue weighted by Gasteiger charge is 2.21. The topological polar surface area (TPSA) is 41.9 Å². The van der Waals surface area contributed by atoms with Gasteiger partial charge in [-0.1, -0.05) is 188 Å². The van der Waals surface area contributed by atoms with Crippen molar-refractivity contribution in [3.8, 4) is 56.3 Å². The van der Waals surface area contributed by atoms with E-state index in [0.717, 1.165) is 78.3 Å². The van der Waals surface area contributed by atoms with Crippen molar-refractivity contribution in [2.24, 2.45) is 0 Å². The van der Waals surface area contributed by atoms with Crippen LogP contribution in [0, 0.1) is 0 Å². The Morgan fingerprint density at radius 1 is 0.311 bits per heavy atom. The van der Waals surface area contributed by atoms with Crippen LogP contribution >= 0.6 is 0 Å². The SMILES string of the molecule is c1ccc(-c2ccc(-c3nc(-c4ccccc4)cc(-c4cccc(-c5nc6c(N(c7ccccc7)c7ccccc7)cccc6c6c5ccc5ccccc56)c4)n3)cc2)cc1. The van der Waals surface area contributed by atoms with Crippen LogP contribution in [0.5, 0.6) is 0 Å². The zero-order valence-corrected chi connectivity index (χ0v) is 33.2. The molecule has 0 aliphatic rings. The Morgan fingerprint density at radius 2 is 0.836 bits per heavy atom. The van der Waals surface area contributed by atoms with E-state index >= 15 is 0 Å². The molecule has 0 fully saturated rings. The maximum Gasteiger partial charge on any atom is 0.160 e. The van der Waals surface area contributed by atoms with E-state index in [1.54, 1.807) is 0 Å². The van der Waals surface area contributed by atoms with Crippen molar-refractivity contribution in [3.63, 3.8) is 0 Å². The van der Waals surface area contributed by atoms with Crippen molar-refractivity contribution in [2.75, 3.05) is 4.90 Å². The van der Waals surface area contributed by atoms with Crippen molar-refractivity contribution in [1.29, 1.82) is 0 Å². The normalized spacial score (nSPS) is 11.3. The summed E-state index contributed by atoms with van der Waals surface area (Å²) >= 11 is 0. The van der Waals surface area contributed by atoms with E-state index in [-0.39, 0.29) is 0 Å². The molecule has 0 bridgehead atoms. The van der Waals surface area contributed by atoms with Crippen LogP contribution in [0.4, 0.5) is 17.1 Å². The summed E-state index contributed by atoms with van der Waals surface area (Å²) in [4.78, 5) is 18.4. The van der Waals surface area contributed by atoms with E-state index in [4.69, 9.17) is 15.0 Å². The Bertz CT molecular complexity index is 3290. The summed E-state index contributed by atoms with van der Waals surface area (Å²) in [5, 5.41) is 5.76. The molecule has 0 aliphatic heterocycles. The molecule has 11 rings (SSSR count). The lowest BCUT2D eigenvalue weighted by Crippen LogP contribution is -2.11. The monoisotopic (exact) mass is 778 g/mol. The maximum atomic E-state index is 5.68. The fourth-order valence-electron chi connectivity index (χ4n) is 8.51. The summed E-state index contributed by atoms with van der Waals surface area (Å²) in [6, 6.07) is 80.9. The molecule has 61 heavy (non-hydrogen) atoms. The van der Waals surface area contributed by atoms with Crippen LogP contribution in [0.15, 0.2) is 231 Å². The largest absolute Gasteiger partial charge is 0.308 e. The molecule has 0 saturated heterocycles. The Balaban J connectivity index is 1.12. The zero-order chi connectivity index (χ0) is 40.5. The minimum absolute atomic E-state index is 0.675. The molecule has 0 unspecified atom stereocenters. The fourth-order valence-corrected chi connectivity index (χ4v) is 8.51. The van der Waals surface area contributed by atoms with Crippen molar-refractivity contribution in [2.45, 2.75) is 0 Å². The summed E-state index contributed by atoms with van der Waals surface area (Å²) in [6.45, 7) is 0. The minimum Gasteiger partial charge on any atom is -0.308 e. The minimum atomic E-state index is 0.675. The first kappa shape index (κ1) is 35.9. The van der Waals surface area contributed by atoms with Crippen LogP contribution in [0.3, 0.4) is 0 Å². The van der Waals surface area contributed by atoms with E-state index in [1.807, 2.05) is 12.1 Å². The average Bonchev–Trinajstić information content (AvgIpc) is 3.35. The molecule has 0 aliphatic carbocycles. The quantitative estimate of drug-likeness (QED) is 0.144. The van der Waals surface area contributed by atoms with Gasteiger partial charge in [-0.15, -0.1) is 0 Å². The third kappa shape index (κ3) is 6.76. The van der Waals surface area contributed by atoms with E-state index in [0.29, 0.717) is 5.82 Å². The zero-order valence-electron chi connectivity index (χ0n) is 33.2. The summed E-state index contributed by atoms with van der Waals surface area (Å²) in [7, 11) is 0. The molecule has 0 spiro atoms. The van der Waals surface area contributed by atoms with Gasteiger partial charge in [0.25, 0.3) is 0 Å². The fraction of sp³-hybridized carbons (Fsp3) is 0. The lowest BCUT2D eigenvalue weighted by molar-refractivity contribution is 1.18. The molecule has 0 N–H and O–H groups in total. The van der Waals surface area contributed by atoms with Gasteiger partial charge in [-0.3, -0.25) is 0 Å². The number of aromatic nitrogens is 3. The molecule has 286 valence electrons. The van der Waals surface area contributed by atoms with Crippen LogP contribution in [0.1, 0.15) is 0 Å². The van der Waals surface area contributed by atoms with Crippen molar-refractivity contribution in [3.05, 3.63) is 231 Å². The Labute approximate surface area is 354 Å². The third-order valence-electron chi connectivity index (χ3n) is 11.4. The van der Waals surface area contributed by atoms with Gasteiger partial charge >= 0.3 is 0 Å². The Hall–Kier alpha value is -8.21. The lowest BCUT2D eigenvalue weighted by Gasteiger charge is -2.27.